The van der Waals surface area contributed by atoms with Crippen LogP contribution in [0.1, 0.15) is 0 Å². The third kappa shape index (κ3) is 1.21. The Bertz CT molecular complexity index is 527. The maximum atomic E-state index is 11.3. The summed E-state index contributed by atoms with van der Waals surface area (Å²) in [5, 5.41) is 9.77. The largest absolute Gasteiger partial charge is 0.504 e. The summed E-state index contributed by atoms with van der Waals surface area (Å²) in [6.45, 7) is 0. The Morgan fingerprint density at radius 3 is 2.93 bits per heavy atom. The van der Waals surface area contributed by atoms with E-state index < -0.39 is 0 Å². The first-order chi connectivity index (χ1) is 6.72. The highest BCUT2D eigenvalue weighted by molar-refractivity contribution is 5.80. The van der Waals surface area contributed by atoms with Gasteiger partial charge in [-0.2, -0.15) is 0 Å². The SMILES string of the molecule is COc1cc2occc(=O)c2cc1O. The third-order valence-electron chi connectivity index (χ3n) is 1.96. The van der Waals surface area contributed by atoms with E-state index in [2.05, 4.69) is 0 Å². The van der Waals surface area contributed by atoms with Crippen molar-refractivity contribution in [3.05, 3.63) is 34.7 Å². The van der Waals surface area contributed by atoms with Crippen LogP contribution in [0.4, 0.5) is 0 Å². The van der Waals surface area contributed by atoms with Gasteiger partial charge in [0.25, 0.3) is 0 Å². The number of phenolic OH excluding ortho intramolecular Hbond substituents is 1. The number of methoxy groups -OCH3 is 1. The average Bonchev–Trinajstić information content (AvgIpc) is 2.19. The first-order valence-corrected chi connectivity index (χ1v) is 4.01. The van der Waals surface area contributed by atoms with E-state index in [1.807, 2.05) is 0 Å². The van der Waals surface area contributed by atoms with E-state index in [0.29, 0.717) is 11.0 Å². The van der Waals surface area contributed by atoms with Crippen molar-refractivity contribution in [2.45, 2.75) is 0 Å². The molecule has 0 spiro atoms. The average molecular weight is 192 g/mol. The molecule has 0 radical (unpaired) electrons. The number of ether oxygens (including phenoxy) is 1. The van der Waals surface area contributed by atoms with Crippen LogP contribution < -0.4 is 10.2 Å². The second-order valence-electron chi connectivity index (χ2n) is 2.81. The summed E-state index contributed by atoms with van der Waals surface area (Å²) in [5.74, 6) is 0.213. The van der Waals surface area contributed by atoms with Crippen molar-refractivity contribution in [1.29, 1.82) is 0 Å². The van der Waals surface area contributed by atoms with Gasteiger partial charge in [0.15, 0.2) is 16.9 Å². The molecule has 72 valence electrons. The lowest BCUT2D eigenvalue weighted by molar-refractivity contribution is 0.373. The fraction of sp³-hybridized carbons (Fsp3) is 0.100. The molecule has 0 aliphatic carbocycles. The number of phenols is 1. The van der Waals surface area contributed by atoms with Gasteiger partial charge in [-0.25, -0.2) is 0 Å². The van der Waals surface area contributed by atoms with Crippen molar-refractivity contribution >= 4 is 11.0 Å². The molecular formula is C10H8O4. The van der Waals surface area contributed by atoms with Crippen molar-refractivity contribution in [3.63, 3.8) is 0 Å². The first-order valence-electron chi connectivity index (χ1n) is 4.01. The standard InChI is InChI=1S/C10H8O4/c1-13-10-5-9-6(4-8(10)12)7(11)2-3-14-9/h2-5,12H,1H3. The molecule has 1 aromatic carbocycles. The summed E-state index contributed by atoms with van der Waals surface area (Å²) in [5.41, 5.74) is 0.205. The van der Waals surface area contributed by atoms with Crippen LogP contribution in [-0.4, -0.2) is 12.2 Å². The molecule has 14 heavy (non-hydrogen) atoms. The maximum absolute atomic E-state index is 11.3. The molecule has 2 rings (SSSR count). The maximum Gasteiger partial charge on any atom is 0.192 e. The molecule has 0 aliphatic rings. The van der Waals surface area contributed by atoms with Crippen molar-refractivity contribution in [3.8, 4) is 11.5 Å². The summed E-state index contributed by atoms with van der Waals surface area (Å²) in [7, 11) is 1.43. The van der Waals surface area contributed by atoms with Gasteiger partial charge in [0.1, 0.15) is 5.58 Å². The molecule has 0 fully saturated rings. The smallest absolute Gasteiger partial charge is 0.192 e. The van der Waals surface area contributed by atoms with E-state index in [1.165, 1.54) is 31.6 Å². The van der Waals surface area contributed by atoms with Gasteiger partial charge < -0.3 is 14.3 Å². The molecule has 0 unspecified atom stereocenters. The molecule has 4 nitrogen and oxygen atoms in total. The minimum atomic E-state index is -0.191. The normalized spacial score (nSPS) is 10.4. The topological polar surface area (TPSA) is 59.7 Å². The minimum Gasteiger partial charge on any atom is -0.504 e. The van der Waals surface area contributed by atoms with Crippen LogP contribution in [0.3, 0.4) is 0 Å². The number of rotatable bonds is 1. The third-order valence-corrected chi connectivity index (χ3v) is 1.96. The molecule has 0 amide bonds. The Balaban J connectivity index is 2.86. The number of aromatic hydroxyl groups is 1. The molecule has 0 saturated carbocycles. The van der Waals surface area contributed by atoms with Crippen LogP contribution in [-0.2, 0) is 0 Å². The number of benzene rings is 1. The summed E-state index contributed by atoms with van der Waals surface area (Å²) in [4.78, 5) is 11.3. The molecule has 4 heteroatoms. The quantitative estimate of drug-likeness (QED) is 0.743. The Kier molecular flexibility index (Phi) is 1.89. The van der Waals surface area contributed by atoms with E-state index in [1.54, 1.807) is 0 Å². The number of fused-ring (bicyclic) bond motifs is 1. The van der Waals surface area contributed by atoms with Crippen LogP contribution in [0.2, 0.25) is 0 Å². The minimum absolute atomic E-state index is 0.0708. The monoisotopic (exact) mass is 192 g/mol. The predicted molar refractivity (Wildman–Crippen MR) is 50.7 cm³/mol. The van der Waals surface area contributed by atoms with Gasteiger partial charge in [-0.05, 0) is 6.07 Å². The highest BCUT2D eigenvalue weighted by Crippen LogP contribution is 2.29. The van der Waals surface area contributed by atoms with Gasteiger partial charge in [0, 0.05) is 12.1 Å². The van der Waals surface area contributed by atoms with Gasteiger partial charge >= 0.3 is 0 Å². The molecule has 0 atom stereocenters. The van der Waals surface area contributed by atoms with E-state index in [-0.39, 0.29) is 16.9 Å². The highest BCUT2D eigenvalue weighted by atomic mass is 16.5. The van der Waals surface area contributed by atoms with Gasteiger partial charge in [0.2, 0.25) is 0 Å². The number of hydrogen-bond acceptors (Lipinski definition) is 4. The summed E-state index contributed by atoms with van der Waals surface area (Å²) in [6.07, 6.45) is 1.31. The molecule has 1 aromatic heterocycles. The van der Waals surface area contributed by atoms with Crippen molar-refractivity contribution in [2.75, 3.05) is 7.11 Å². The van der Waals surface area contributed by atoms with Crippen LogP contribution in [0.5, 0.6) is 11.5 Å². The lowest BCUT2D eigenvalue weighted by Crippen LogP contribution is -1.98. The Morgan fingerprint density at radius 1 is 1.43 bits per heavy atom. The fourth-order valence-corrected chi connectivity index (χ4v) is 1.26. The van der Waals surface area contributed by atoms with E-state index in [4.69, 9.17) is 9.15 Å². The van der Waals surface area contributed by atoms with Gasteiger partial charge in [-0.3, -0.25) is 4.79 Å². The van der Waals surface area contributed by atoms with Gasteiger partial charge in [0.05, 0.1) is 18.8 Å². The van der Waals surface area contributed by atoms with Crippen LogP contribution in [0.25, 0.3) is 11.0 Å². The molecule has 0 saturated heterocycles. The summed E-state index contributed by atoms with van der Waals surface area (Å²) >= 11 is 0. The Morgan fingerprint density at radius 2 is 2.21 bits per heavy atom. The van der Waals surface area contributed by atoms with E-state index >= 15 is 0 Å². The van der Waals surface area contributed by atoms with Crippen molar-refractivity contribution < 1.29 is 14.3 Å². The van der Waals surface area contributed by atoms with Crippen molar-refractivity contribution in [1.82, 2.24) is 0 Å². The lowest BCUT2D eigenvalue weighted by Gasteiger charge is -2.03. The molecule has 2 aromatic rings. The molecule has 1 heterocycles. The van der Waals surface area contributed by atoms with E-state index in [0.717, 1.165) is 0 Å². The number of hydrogen-bond donors (Lipinski definition) is 1. The highest BCUT2D eigenvalue weighted by Gasteiger charge is 2.07. The van der Waals surface area contributed by atoms with E-state index in [9.17, 15) is 9.90 Å². The molecular weight excluding hydrogens is 184 g/mol. The first kappa shape index (κ1) is 8.62. The Labute approximate surface area is 79.4 Å². The second-order valence-corrected chi connectivity index (χ2v) is 2.81. The summed E-state index contributed by atoms with van der Waals surface area (Å²) in [6, 6.07) is 4.11. The predicted octanol–water partition coefficient (Wildman–Crippen LogP) is 1.51. The van der Waals surface area contributed by atoms with Gasteiger partial charge in [-0.1, -0.05) is 0 Å². The van der Waals surface area contributed by atoms with Crippen LogP contribution in [0, 0.1) is 0 Å². The molecule has 0 bridgehead atoms. The lowest BCUT2D eigenvalue weighted by atomic mass is 10.2. The summed E-state index contributed by atoms with van der Waals surface area (Å²) < 4.78 is 9.98. The van der Waals surface area contributed by atoms with Crippen LogP contribution >= 0.6 is 0 Å². The van der Waals surface area contributed by atoms with Crippen LogP contribution in [0.15, 0.2) is 33.7 Å². The zero-order valence-corrected chi connectivity index (χ0v) is 7.48. The zero-order valence-electron chi connectivity index (χ0n) is 7.48. The van der Waals surface area contributed by atoms with Gasteiger partial charge in [-0.15, -0.1) is 0 Å². The molecule has 0 aliphatic heterocycles. The fourth-order valence-electron chi connectivity index (χ4n) is 1.26. The molecule has 1 N–H and O–H groups in total. The van der Waals surface area contributed by atoms with Crippen molar-refractivity contribution in [2.24, 2.45) is 0 Å². The zero-order chi connectivity index (χ0) is 10.1. The Hall–Kier alpha value is -1.97. The second kappa shape index (κ2) is 3.06.